The fraction of sp³-hybridized carbons (Fsp3) is 0.375. The zero-order chi connectivity index (χ0) is 20.1. The first-order valence-electron chi connectivity index (χ1n) is 10.6. The number of H-pyrrole nitrogens is 1. The van der Waals surface area contributed by atoms with Crippen molar-refractivity contribution in [2.45, 2.75) is 51.6 Å². The quantitative estimate of drug-likeness (QED) is 0.485. The SMILES string of the molecule is CCOc1ccc(NC(=S)N(Cc2c[nH]c3ccccc23)C2CCCCC2)cc1. The van der Waals surface area contributed by atoms with Crippen LogP contribution in [0.3, 0.4) is 0 Å². The number of aromatic nitrogens is 1. The van der Waals surface area contributed by atoms with Gasteiger partial charge < -0.3 is 19.9 Å². The smallest absolute Gasteiger partial charge is 0.173 e. The van der Waals surface area contributed by atoms with Crippen LogP contribution in [0.2, 0.25) is 0 Å². The van der Waals surface area contributed by atoms with Crippen LogP contribution in [0.25, 0.3) is 10.9 Å². The number of aromatic amines is 1. The van der Waals surface area contributed by atoms with Crippen molar-refractivity contribution >= 4 is 33.9 Å². The van der Waals surface area contributed by atoms with Gasteiger partial charge in [-0.3, -0.25) is 0 Å². The molecule has 3 aromatic rings. The van der Waals surface area contributed by atoms with Gasteiger partial charge in [0.25, 0.3) is 0 Å². The van der Waals surface area contributed by atoms with Gasteiger partial charge in [0.2, 0.25) is 0 Å². The first-order valence-corrected chi connectivity index (χ1v) is 11.0. The van der Waals surface area contributed by atoms with Gasteiger partial charge in [0.15, 0.2) is 5.11 Å². The highest BCUT2D eigenvalue weighted by atomic mass is 32.1. The van der Waals surface area contributed by atoms with Crippen LogP contribution in [0.15, 0.2) is 54.7 Å². The van der Waals surface area contributed by atoms with Gasteiger partial charge in [-0.1, -0.05) is 37.5 Å². The van der Waals surface area contributed by atoms with Crippen molar-refractivity contribution in [1.29, 1.82) is 0 Å². The Morgan fingerprint density at radius 2 is 1.86 bits per heavy atom. The minimum absolute atomic E-state index is 0.486. The molecular weight excluding hydrogens is 378 g/mol. The molecule has 1 aromatic heterocycles. The normalized spacial score (nSPS) is 14.7. The van der Waals surface area contributed by atoms with E-state index in [1.807, 2.05) is 31.2 Å². The molecule has 0 radical (unpaired) electrons. The lowest BCUT2D eigenvalue weighted by molar-refractivity contribution is 0.241. The van der Waals surface area contributed by atoms with Crippen LogP contribution in [-0.2, 0) is 6.54 Å². The van der Waals surface area contributed by atoms with E-state index >= 15 is 0 Å². The molecule has 0 atom stereocenters. The molecule has 0 unspecified atom stereocenters. The molecule has 1 aliphatic rings. The molecule has 2 aromatic carbocycles. The maximum Gasteiger partial charge on any atom is 0.173 e. The number of rotatable bonds is 6. The molecule has 0 aliphatic heterocycles. The number of benzene rings is 2. The third-order valence-electron chi connectivity index (χ3n) is 5.71. The predicted molar refractivity (Wildman–Crippen MR) is 125 cm³/mol. The van der Waals surface area contributed by atoms with E-state index < -0.39 is 0 Å². The van der Waals surface area contributed by atoms with Crippen LogP contribution in [0, 0.1) is 0 Å². The van der Waals surface area contributed by atoms with Gasteiger partial charge in [-0.25, -0.2) is 0 Å². The third-order valence-corrected chi connectivity index (χ3v) is 6.05. The van der Waals surface area contributed by atoms with Crippen molar-refractivity contribution in [2.24, 2.45) is 0 Å². The van der Waals surface area contributed by atoms with E-state index in [1.54, 1.807) is 0 Å². The van der Waals surface area contributed by atoms with Gasteiger partial charge in [0.05, 0.1) is 6.61 Å². The van der Waals surface area contributed by atoms with Crippen molar-refractivity contribution in [2.75, 3.05) is 11.9 Å². The summed E-state index contributed by atoms with van der Waals surface area (Å²) in [5.74, 6) is 0.881. The molecule has 4 nitrogen and oxygen atoms in total. The minimum Gasteiger partial charge on any atom is -0.494 e. The summed E-state index contributed by atoms with van der Waals surface area (Å²) in [5, 5.41) is 5.53. The van der Waals surface area contributed by atoms with Gasteiger partial charge in [-0.2, -0.15) is 0 Å². The largest absolute Gasteiger partial charge is 0.494 e. The predicted octanol–water partition coefficient (Wildman–Crippen LogP) is 6.10. The average Bonchev–Trinajstić information content (AvgIpc) is 3.17. The van der Waals surface area contributed by atoms with E-state index in [2.05, 4.69) is 45.7 Å². The number of anilines is 1. The van der Waals surface area contributed by atoms with E-state index in [1.165, 1.54) is 48.6 Å². The maximum absolute atomic E-state index is 5.89. The maximum atomic E-state index is 5.89. The molecule has 1 fully saturated rings. The van der Waals surface area contributed by atoms with Crippen LogP contribution in [0.1, 0.15) is 44.6 Å². The summed E-state index contributed by atoms with van der Waals surface area (Å²) in [6.45, 7) is 3.48. The number of nitrogens with zero attached hydrogens (tertiary/aromatic N) is 1. The Morgan fingerprint density at radius 3 is 2.62 bits per heavy atom. The van der Waals surface area contributed by atoms with E-state index in [0.717, 1.165) is 23.1 Å². The molecule has 1 aliphatic carbocycles. The number of fused-ring (bicyclic) bond motifs is 1. The van der Waals surface area contributed by atoms with Gasteiger partial charge in [-0.05, 0) is 67.9 Å². The second kappa shape index (κ2) is 9.31. The average molecular weight is 408 g/mol. The summed E-state index contributed by atoms with van der Waals surface area (Å²) in [5.41, 5.74) is 3.47. The molecule has 29 heavy (non-hydrogen) atoms. The van der Waals surface area contributed by atoms with E-state index in [-0.39, 0.29) is 0 Å². The van der Waals surface area contributed by atoms with Gasteiger partial charge in [0, 0.05) is 35.4 Å². The fourth-order valence-electron chi connectivity index (χ4n) is 4.20. The molecular formula is C24H29N3OS. The van der Waals surface area contributed by atoms with Crippen molar-refractivity contribution in [3.05, 3.63) is 60.3 Å². The fourth-order valence-corrected chi connectivity index (χ4v) is 4.53. The highest BCUT2D eigenvalue weighted by Gasteiger charge is 2.24. The second-order valence-corrected chi connectivity index (χ2v) is 8.05. The van der Waals surface area contributed by atoms with Crippen molar-refractivity contribution in [3.63, 3.8) is 0 Å². The Bertz CT molecular complexity index is 944. The number of ether oxygens (including phenoxy) is 1. The van der Waals surface area contributed by atoms with Gasteiger partial charge in [0.1, 0.15) is 5.75 Å². The number of para-hydroxylation sites is 1. The lowest BCUT2D eigenvalue weighted by Gasteiger charge is -2.36. The standard InChI is InChI=1S/C24H29N3OS/c1-2-28-21-14-12-19(13-15-21)26-24(29)27(20-8-4-3-5-9-20)17-18-16-25-23-11-7-6-10-22(18)23/h6-7,10-16,20,25H,2-5,8-9,17H2,1H3,(H,26,29). The highest BCUT2D eigenvalue weighted by Crippen LogP contribution is 2.27. The van der Waals surface area contributed by atoms with Crippen molar-refractivity contribution in [1.82, 2.24) is 9.88 Å². The molecule has 0 saturated heterocycles. The molecule has 4 rings (SSSR count). The van der Waals surface area contributed by atoms with Crippen LogP contribution >= 0.6 is 12.2 Å². The molecule has 152 valence electrons. The molecule has 1 heterocycles. The highest BCUT2D eigenvalue weighted by molar-refractivity contribution is 7.80. The molecule has 2 N–H and O–H groups in total. The topological polar surface area (TPSA) is 40.3 Å². The monoisotopic (exact) mass is 407 g/mol. The number of hydrogen-bond acceptors (Lipinski definition) is 2. The van der Waals surface area contributed by atoms with Crippen molar-refractivity contribution < 1.29 is 4.74 Å². The Balaban J connectivity index is 1.53. The summed E-state index contributed by atoms with van der Waals surface area (Å²) in [6, 6.07) is 17.0. The number of thiocarbonyl (C=S) groups is 1. The molecule has 0 amide bonds. The molecule has 5 heteroatoms. The van der Waals surface area contributed by atoms with Crippen LogP contribution in [0.4, 0.5) is 5.69 Å². The first-order chi connectivity index (χ1) is 14.2. The Morgan fingerprint density at radius 1 is 1.10 bits per heavy atom. The number of hydrogen-bond donors (Lipinski definition) is 2. The summed E-state index contributed by atoms with van der Waals surface area (Å²) in [4.78, 5) is 5.79. The second-order valence-electron chi connectivity index (χ2n) is 7.67. The third kappa shape index (κ3) is 4.73. The summed E-state index contributed by atoms with van der Waals surface area (Å²) in [6.07, 6.45) is 8.42. The Kier molecular flexibility index (Phi) is 6.35. The van der Waals surface area contributed by atoms with E-state index in [4.69, 9.17) is 17.0 Å². The number of nitrogens with one attached hydrogen (secondary N) is 2. The molecule has 0 bridgehead atoms. The summed E-state index contributed by atoms with van der Waals surface area (Å²) < 4.78 is 5.54. The zero-order valence-corrected chi connectivity index (χ0v) is 17.8. The van der Waals surface area contributed by atoms with E-state index in [9.17, 15) is 0 Å². The van der Waals surface area contributed by atoms with Gasteiger partial charge in [-0.15, -0.1) is 0 Å². The van der Waals surface area contributed by atoms with Crippen LogP contribution in [0.5, 0.6) is 5.75 Å². The van der Waals surface area contributed by atoms with Crippen LogP contribution in [-0.4, -0.2) is 27.6 Å². The van der Waals surface area contributed by atoms with Gasteiger partial charge >= 0.3 is 0 Å². The Hall–Kier alpha value is -2.53. The van der Waals surface area contributed by atoms with E-state index in [0.29, 0.717) is 12.6 Å². The lowest BCUT2D eigenvalue weighted by atomic mass is 9.94. The first kappa shape index (κ1) is 19.8. The lowest BCUT2D eigenvalue weighted by Crippen LogP contribution is -2.43. The minimum atomic E-state index is 0.486. The molecule has 1 saturated carbocycles. The Labute approximate surface area is 178 Å². The van der Waals surface area contributed by atoms with Crippen molar-refractivity contribution in [3.8, 4) is 5.75 Å². The van der Waals surface area contributed by atoms with Crippen LogP contribution < -0.4 is 10.1 Å². The summed E-state index contributed by atoms with van der Waals surface area (Å²) in [7, 11) is 0. The molecule has 0 spiro atoms. The zero-order valence-electron chi connectivity index (χ0n) is 17.0. The summed E-state index contributed by atoms with van der Waals surface area (Å²) >= 11 is 5.89.